The number of aliphatic hydroxyl groups is 1. The van der Waals surface area contributed by atoms with Crippen LogP contribution in [0.25, 0.3) is 0 Å². The van der Waals surface area contributed by atoms with Crippen LogP contribution < -0.4 is 10.6 Å². The van der Waals surface area contributed by atoms with Crippen molar-refractivity contribution in [2.75, 3.05) is 6.61 Å². The van der Waals surface area contributed by atoms with Gasteiger partial charge in [0, 0.05) is 18.7 Å². The Morgan fingerprint density at radius 1 is 1.39 bits per heavy atom. The summed E-state index contributed by atoms with van der Waals surface area (Å²) in [7, 11) is 0. The summed E-state index contributed by atoms with van der Waals surface area (Å²) in [6, 6.07) is 0.160. The zero-order valence-corrected chi connectivity index (χ0v) is 11.6. The Morgan fingerprint density at radius 2 is 2.00 bits per heavy atom. The van der Waals surface area contributed by atoms with E-state index in [0.717, 1.165) is 19.3 Å². The van der Waals surface area contributed by atoms with Crippen LogP contribution in [0.2, 0.25) is 0 Å². The molecule has 1 aliphatic rings. The van der Waals surface area contributed by atoms with Crippen LogP contribution in [-0.4, -0.2) is 42.0 Å². The first-order valence-corrected chi connectivity index (χ1v) is 6.84. The van der Waals surface area contributed by atoms with Crippen molar-refractivity contribution in [3.63, 3.8) is 0 Å². The van der Waals surface area contributed by atoms with Gasteiger partial charge in [0.05, 0.1) is 12.2 Å². The van der Waals surface area contributed by atoms with Crippen molar-refractivity contribution in [3.8, 4) is 0 Å². The lowest BCUT2D eigenvalue weighted by atomic mass is 10.00. The van der Waals surface area contributed by atoms with Gasteiger partial charge in [0.1, 0.15) is 0 Å². The van der Waals surface area contributed by atoms with Gasteiger partial charge < -0.3 is 20.5 Å². The fourth-order valence-corrected chi connectivity index (χ4v) is 2.44. The number of amides is 2. The van der Waals surface area contributed by atoms with Gasteiger partial charge in [-0.2, -0.15) is 0 Å². The molecule has 1 saturated heterocycles. The Labute approximate surface area is 109 Å². The number of hydrogen-bond acceptors (Lipinski definition) is 3. The molecule has 5 nitrogen and oxygen atoms in total. The summed E-state index contributed by atoms with van der Waals surface area (Å²) in [5.41, 5.74) is 0. The minimum Gasteiger partial charge on any atom is -0.396 e. The lowest BCUT2D eigenvalue weighted by Crippen LogP contribution is -2.49. The second-order valence-electron chi connectivity index (χ2n) is 5.31. The summed E-state index contributed by atoms with van der Waals surface area (Å²) < 4.78 is 5.63. The average molecular weight is 258 g/mol. The molecule has 106 valence electrons. The number of ether oxygens (including phenoxy) is 1. The lowest BCUT2D eigenvalue weighted by Gasteiger charge is -2.32. The fraction of sp³-hybridized carbons (Fsp3) is 0.923. The smallest absolute Gasteiger partial charge is 0.315 e. The van der Waals surface area contributed by atoms with Crippen LogP contribution in [0.5, 0.6) is 0 Å². The second-order valence-corrected chi connectivity index (χ2v) is 5.31. The molecule has 0 aromatic rings. The molecule has 5 heteroatoms. The number of rotatable bonds is 5. The van der Waals surface area contributed by atoms with Crippen LogP contribution in [-0.2, 0) is 4.74 Å². The average Bonchev–Trinajstić information content (AvgIpc) is 2.24. The normalized spacial score (nSPS) is 29.7. The third-order valence-electron chi connectivity index (χ3n) is 3.21. The highest BCUT2D eigenvalue weighted by Gasteiger charge is 2.25. The molecule has 2 amide bonds. The Bertz CT molecular complexity index is 251. The molecule has 1 aliphatic heterocycles. The molecule has 3 atom stereocenters. The molecular weight excluding hydrogens is 232 g/mol. The van der Waals surface area contributed by atoms with E-state index < -0.39 is 0 Å². The second kappa shape index (κ2) is 7.59. The molecule has 0 radical (unpaired) electrons. The number of hydrogen-bond donors (Lipinski definition) is 3. The van der Waals surface area contributed by atoms with Crippen molar-refractivity contribution in [1.82, 2.24) is 10.6 Å². The van der Waals surface area contributed by atoms with Gasteiger partial charge in [-0.1, -0.05) is 0 Å². The van der Waals surface area contributed by atoms with E-state index in [1.165, 1.54) is 0 Å². The number of urea groups is 1. The largest absolute Gasteiger partial charge is 0.396 e. The molecule has 0 bridgehead atoms. The number of carbonyl (C=O) groups is 1. The minimum atomic E-state index is -0.119. The highest BCUT2D eigenvalue weighted by molar-refractivity contribution is 5.74. The topological polar surface area (TPSA) is 70.6 Å². The van der Waals surface area contributed by atoms with Gasteiger partial charge in [0.25, 0.3) is 0 Å². The molecule has 0 aromatic carbocycles. The number of carbonyl (C=O) groups excluding carboxylic acids is 1. The maximum absolute atomic E-state index is 11.8. The van der Waals surface area contributed by atoms with Crippen molar-refractivity contribution in [3.05, 3.63) is 0 Å². The van der Waals surface area contributed by atoms with Crippen molar-refractivity contribution in [2.24, 2.45) is 0 Å². The van der Waals surface area contributed by atoms with Gasteiger partial charge in [-0.15, -0.1) is 0 Å². The standard InChI is InChI=1S/C13H26N2O3/c1-9(5-4-6-16)14-13(17)15-12-7-10(2)18-11(3)8-12/h9-12,16H,4-8H2,1-3H3,(H2,14,15,17). The molecule has 1 rings (SSSR count). The SMILES string of the molecule is CC(CCCO)NC(=O)NC1CC(C)OC(C)C1. The number of nitrogens with one attached hydrogen (secondary N) is 2. The first kappa shape index (κ1) is 15.2. The first-order chi connectivity index (χ1) is 8.51. The quantitative estimate of drug-likeness (QED) is 0.698. The van der Waals surface area contributed by atoms with Gasteiger partial charge >= 0.3 is 6.03 Å². The minimum absolute atomic E-state index is 0.0897. The van der Waals surface area contributed by atoms with Gasteiger partial charge in [-0.3, -0.25) is 0 Å². The summed E-state index contributed by atoms with van der Waals surface area (Å²) in [4.78, 5) is 11.8. The lowest BCUT2D eigenvalue weighted by molar-refractivity contribution is -0.0402. The Kier molecular flexibility index (Phi) is 6.43. The molecule has 3 unspecified atom stereocenters. The fourth-order valence-electron chi connectivity index (χ4n) is 2.44. The molecular formula is C13H26N2O3. The molecule has 0 spiro atoms. The highest BCUT2D eigenvalue weighted by Crippen LogP contribution is 2.18. The molecule has 0 aliphatic carbocycles. The van der Waals surface area contributed by atoms with E-state index in [9.17, 15) is 4.79 Å². The summed E-state index contributed by atoms with van der Waals surface area (Å²) in [6.45, 7) is 6.19. The van der Waals surface area contributed by atoms with Gasteiger partial charge in [-0.25, -0.2) is 4.79 Å². The molecule has 0 aromatic heterocycles. The Hall–Kier alpha value is -0.810. The van der Waals surface area contributed by atoms with Crippen LogP contribution in [0.4, 0.5) is 4.79 Å². The van der Waals surface area contributed by atoms with E-state index in [4.69, 9.17) is 9.84 Å². The van der Waals surface area contributed by atoms with Crippen LogP contribution in [0, 0.1) is 0 Å². The molecule has 1 heterocycles. The predicted molar refractivity (Wildman–Crippen MR) is 70.5 cm³/mol. The molecule has 0 saturated carbocycles. The van der Waals surface area contributed by atoms with E-state index in [-0.39, 0.29) is 36.9 Å². The van der Waals surface area contributed by atoms with Crippen molar-refractivity contribution in [1.29, 1.82) is 0 Å². The third-order valence-corrected chi connectivity index (χ3v) is 3.21. The van der Waals surface area contributed by atoms with E-state index in [2.05, 4.69) is 10.6 Å². The highest BCUT2D eigenvalue weighted by atomic mass is 16.5. The third kappa shape index (κ3) is 5.69. The van der Waals surface area contributed by atoms with Crippen LogP contribution in [0.15, 0.2) is 0 Å². The van der Waals surface area contributed by atoms with Crippen molar-refractivity contribution in [2.45, 2.75) is 70.7 Å². The summed E-state index contributed by atoms with van der Waals surface area (Å²) >= 11 is 0. The van der Waals surface area contributed by atoms with E-state index in [1.807, 2.05) is 20.8 Å². The zero-order valence-electron chi connectivity index (χ0n) is 11.6. The van der Waals surface area contributed by atoms with Gasteiger partial charge in [-0.05, 0) is 46.5 Å². The zero-order chi connectivity index (χ0) is 13.5. The summed E-state index contributed by atoms with van der Waals surface area (Å²) in [5, 5.41) is 14.6. The first-order valence-electron chi connectivity index (χ1n) is 6.84. The summed E-state index contributed by atoms with van der Waals surface area (Å²) in [6.07, 6.45) is 3.64. The van der Waals surface area contributed by atoms with Crippen molar-refractivity contribution < 1.29 is 14.6 Å². The monoisotopic (exact) mass is 258 g/mol. The van der Waals surface area contributed by atoms with E-state index in [1.54, 1.807) is 0 Å². The molecule has 3 N–H and O–H groups in total. The molecule has 1 fully saturated rings. The number of aliphatic hydroxyl groups excluding tert-OH is 1. The van der Waals surface area contributed by atoms with Crippen LogP contribution in [0.3, 0.4) is 0 Å². The Balaban J connectivity index is 2.26. The Morgan fingerprint density at radius 3 is 2.56 bits per heavy atom. The predicted octanol–water partition coefficient (Wildman–Crippen LogP) is 1.40. The van der Waals surface area contributed by atoms with Gasteiger partial charge in [0.15, 0.2) is 0 Å². The maximum Gasteiger partial charge on any atom is 0.315 e. The maximum atomic E-state index is 11.8. The van der Waals surface area contributed by atoms with E-state index in [0.29, 0.717) is 6.42 Å². The molecule has 18 heavy (non-hydrogen) atoms. The van der Waals surface area contributed by atoms with Crippen molar-refractivity contribution >= 4 is 6.03 Å². The van der Waals surface area contributed by atoms with Crippen LogP contribution >= 0.6 is 0 Å². The van der Waals surface area contributed by atoms with E-state index >= 15 is 0 Å². The van der Waals surface area contributed by atoms with Crippen LogP contribution in [0.1, 0.15) is 46.5 Å². The van der Waals surface area contributed by atoms with Gasteiger partial charge in [0.2, 0.25) is 0 Å². The summed E-state index contributed by atoms with van der Waals surface area (Å²) in [5.74, 6) is 0.